The fourth-order valence-corrected chi connectivity index (χ4v) is 5.33. The molecule has 0 atom stereocenters. The third-order valence-electron chi connectivity index (χ3n) is 5.92. The van der Waals surface area contributed by atoms with Gasteiger partial charge in [-0.3, -0.25) is 4.79 Å². The highest BCUT2D eigenvalue weighted by atomic mass is 32.1. The van der Waals surface area contributed by atoms with Crippen LogP contribution in [0.3, 0.4) is 0 Å². The van der Waals surface area contributed by atoms with Crippen molar-refractivity contribution in [1.29, 1.82) is 0 Å². The van der Waals surface area contributed by atoms with E-state index in [9.17, 15) is 9.18 Å². The fourth-order valence-electron chi connectivity index (χ4n) is 4.30. The number of halogens is 1. The van der Waals surface area contributed by atoms with Gasteiger partial charge in [0.25, 0.3) is 0 Å². The number of amides is 1. The summed E-state index contributed by atoms with van der Waals surface area (Å²) in [7, 11) is 0. The van der Waals surface area contributed by atoms with Crippen LogP contribution >= 0.6 is 11.3 Å². The number of anilines is 1. The van der Waals surface area contributed by atoms with Crippen molar-refractivity contribution < 1.29 is 9.18 Å². The summed E-state index contributed by atoms with van der Waals surface area (Å²) in [6.45, 7) is 3.13. The number of rotatable bonds is 2. The molecule has 0 bridgehead atoms. The maximum Gasteiger partial charge on any atom is 0.226 e. The van der Waals surface area contributed by atoms with Crippen LogP contribution in [0.1, 0.15) is 24.0 Å². The number of fused-ring (bicyclic) bond motifs is 2. The molecule has 0 N–H and O–H groups in total. The SMILES string of the molecule is O=C(C1CCN(c2nc3c(F)cccc3s2)CC1)N1CCc2ccccc2C1. The third-order valence-corrected chi connectivity index (χ3v) is 7.00. The van der Waals surface area contributed by atoms with E-state index in [1.54, 1.807) is 6.07 Å². The molecule has 1 amide bonds. The summed E-state index contributed by atoms with van der Waals surface area (Å²) >= 11 is 1.53. The Bertz CT molecular complexity index is 1030. The molecule has 5 rings (SSSR count). The van der Waals surface area contributed by atoms with E-state index in [1.165, 1.54) is 28.5 Å². The Morgan fingerprint density at radius 3 is 2.61 bits per heavy atom. The molecule has 0 saturated carbocycles. The van der Waals surface area contributed by atoms with Gasteiger partial charge < -0.3 is 9.80 Å². The van der Waals surface area contributed by atoms with Gasteiger partial charge in [-0.1, -0.05) is 41.7 Å². The van der Waals surface area contributed by atoms with Gasteiger partial charge in [0.2, 0.25) is 5.91 Å². The first-order chi connectivity index (χ1) is 13.7. The van der Waals surface area contributed by atoms with E-state index < -0.39 is 0 Å². The van der Waals surface area contributed by atoms with Crippen LogP contribution in [0.5, 0.6) is 0 Å². The van der Waals surface area contributed by atoms with Gasteiger partial charge in [-0.15, -0.1) is 0 Å². The van der Waals surface area contributed by atoms with E-state index in [0.29, 0.717) is 5.52 Å². The van der Waals surface area contributed by atoms with Crippen LogP contribution in [-0.2, 0) is 17.8 Å². The average molecular weight is 396 g/mol. The summed E-state index contributed by atoms with van der Waals surface area (Å²) in [6.07, 6.45) is 2.60. The maximum atomic E-state index is 13.9. The second-order valence-corrected chi connectivity index (χ2v) is 8.63. The van der Waals surface area contributed by atoms with Crippen LogP contribution in [0, 0.1) is 11.7 Å². The number of benzene rings is 2. The highest BCUT2D eigenvalue weighted by Gasteiger charge is 2.31. The summed E-state index contributed by atoms with van der Waals surface area (Å²) < 4.78 is 14.8. The molecule has 4 nitrogen and oxygen atoms in total. The molecule has 0 aliphatic carbocycles. The van der Waals surface area contributed by atoms with Crippen LogP contribution in [0.2, 0.25) is 0 Å². The molecule has 3 aromatic rings. The normalized spacial score (nSPS) is 17.8. The van der Waals surface area contributed by atoms with Gasteiger partial charge in [-0.2, -0.15) is 0 Å². The van der Waals surface area contributed by atoms with Crippen molar-refractivity contribution in [2.24, 2.45) is 5.92 Å². The highest BCUT2D eigenvalue weighted by molar-refractivity contribution is 7.22. The summed E-state index contributed by atoms with van der Waals surface area (Å²) in [5, 5.41) is 0.859. The summed E-state index contributed by atoms with van der Waals surface area (Å²) in [5.41, 5.74) is 3.09. The second-order valence-electron chi connectivity index (χ2n) is 7.62. The number of nitrogens with zero attached hydrogens (tertiary/aromatic N) is 3. The first-order valence-electron chi connectivity index (χ1n) is 9.84. The van der Waals surface area contributed by atoms with Gasteiger partial charge >= 0.3 is 0 Å². The van der Waals surface area contributed by atoms with Crippen molar-refractivity contribution in [1.82, 2.24) is 9.88 Å². The molecule has 0 unspecified atom stereocenters. The Balaban J connectivity index is 1.24. The van der Waals surface area contributed by atoms with Gasteiger partial charge in [0.15, 0.2) is 5.13 Å². The Morgan fingerprint density at radius 2 is 1.82 bits per heavy atom. The van der Waals surface area contributed by atoms with E-state index in [2.05, 4.69) is 28.1 Å². The fraction of sp³-hybridized carbons (Fsp3) is 0.364. The number of hydrogen-bond acceptors (Lipinski definition) is 4. The molecule has 1 fully saturated rings. The average Bonchev–Trinajstić information content (AvgIpc) is 3.19. The smallest absolute Gasteiger partial charge is 0.226 e. The molecule has 0 radical (unpaired) electrons. The zero-order valence-corrected chi connectivity index (χ0v) is 16.4. The lowest BCUT2D eigenvalue weighted by atomic mass is 9.93. The standard InChI is InChI=1S/C22H22FN3OS/c23-18-6-3-7-19-20(18)24-22(28-19)25-11-9-16(10-12-25)21(27)26-13-8-15-4-1-2-5-17(15)14-26/h1-7,16H,8-14H2. The number of para-hydroxylation sites is 1. The van der Waals surface area contributed by atoms with Gasteiger partial charge in [0, 0.05) is 32.1 Å². The Hall–Kier alpha value is -2.47. The molecule has 2 aliphatic heterocycles. The zero-order chi connectivity index (χ0) is 19.1. The van der Waals surface area contributed by atoms with E-state index >= 15 is 0 Å². The number of hydrogen-bond donors (Lipinski definition) is 0. The lowest BCUT2D eigenvalue weighted by Crippen LogP contribution is -2.44. The summed E-state index contributed by atoms with van der Waals surface area (Å²) in [6, 6.07) is 13.5. The topological polar surface area (TPSA) is 36.4 Å². The largest absolute Gasteiger partial charge is 0.348 e. The maximum absolute atomic E-state index is 13.9. The zero-order valence-electron chi connectivity index (χ0n) is 15.6. The Morgan fingerprint density at radius 1 is 1.04 bits per heavy atom. The lowest BCUT2D eigenvalue weighted by Gasteiger charge is -2.36. The van der Waals surface area contributed by atoms with Crippen molar-refractivity contribution in [3.05, 3.63) is 59.4 Å². The molecular formula is C22H22FN3OS. The quantitative estimate of drug-likeness (QED) is 0.651. The van der Waals surface area contributed by atoms with Crippen molar-refractivity contribution in [3.8, 4) is 0 Å². The molecule has 2 aliphatic rings. The molecule has 144 valence electrons. The van der Waals surface area contributed by atoms with E-state index in [0.717, 1.165) is 55.3 Å². The van der Waals surface area contributed by atoms with Crippen molar-refractivity contribution in [2.75, 3.05) is 24.5 Å². The van der Waals surface area contributed by atoms with Crippen LogP contribution in [0.25, 0.3) is 10.2 Å². The van der Waals surface area contributed by atoms with Gasteiger partial charge in [-0.05, 0) is 42.5 Å². The molecule has 6 heteroatoms. The van der Waals surface area contributed by atoms with Gasteiger partial charge in [-0.25, -0.2) is 9.37 Å². The molecule has 28 heavy (non-hydrogen) atoms. The number of carbonyl (C=O) groups is 1. The number of piperidine rings is 1. The second kappa shape index (κ2) is 7.17. The number of aromatic nitrogens is 1. The minimum Gasteiger partial charge on any atom is -0.348 e. The molecule has 1 saturated heterocycles. The Kier molecular flexibility index (Phi) is 4.51. The summed E-state index contributed by atoms with van der Waals surface area (Å²) in [5.74, 6) is 0.0903. The first-order valence-corrected chi connectivity index (χ1v) is 10.7. The lowest BCUT2D eigenvalue weighted by molar-refractivity contribution is -0.137. The van der Waals surface area contributed by atoms with Crippen LogP contribution in [0.15, 0.2) is 42.5 Å². The minimum absolute atomic E-state index is 0.0765. The molecular weight excluding hydrogens is 373 g/mol. The van der Waals surface area contributed by atoms with E-state index in [4.69, 9.17) is 0 Å². The van der Waals surface area contributed by atoms with E-state index in [1.807, 2.05) is 17.0 Å². The highest BCUT2D eigenvalue weighted by Crippen LogP contribution is 2.33. The van der Waals surface area contributed by atoms with Crippen molar-refractivity contribution in [2.45, 2.75) is 25.8 Å². The van der Waals surface area contributed by atoms with Gasteiger partial charge in [0.1, 0.15) is 11.3 Å². The van der Waals surface area contributed by atoms with Crippen molar-refractivity contribution >= 4 is 32.6 Å². The molecule has 0 spiro atoms. The predicted octanol–water partition coefficient (Wildman–Crippen LogP) is 4.24. The van der Waals surface area contributed by atoms with E-state index in [-0.39, 0.29) is 17.6 Å². The van der Waals surface area contributed by atoms with Crippen LogP contribution in [-0.4, -0.2) is 35.4 Å². The molecule has 3 heterocycles. The molecule has 2 aromatic carbocycles. The third kappa shape index (κ3) is 3.15. The predicted molar refractivity (Wildman–Crippen MR) is 110 cm³/mol. The number of carbonyl (C=O) groups excluding carboxylic acids is 1. The summed E-state index contributed by atoms with van der Waals surface area (Å²) in [4.78, 5) is 21.7. The minimum atomic E-state index is -0.268. The van der Waals surface area contributed by atoms with Crippen molar-refractivity contribution in [3.63, 3.8) is 0 Å². The Labute approximate surface area is 167 Å². The van der Waals surface area contributed by atoms with Crippen LogP contribution in [0.4, 0.5) is 9.52 Å². The van der Waals surface area contributed by atoms with Gasteiger partial charge in [0.05, 0.1) is 4.70 Å². The van der Waals surface area contributed by atoms with Crippen LogP contribution < -0.4 is 4.90 Å². The monoisotopic (exact) mass is 395 g/mol. The first kappa shape index (κ1) is 17.6. The number of thiazole rings is 1. The molecule has 1 aromatic heterocycles.